The van der Waals surface area contributed by atoms with Gasteiger partial charge in [0.25, 0.3) is 5.91 Å². The van der Waals surface area contributed by atoms with Crippen molar-refractivity contribution in [2.24, 2.45) is 0 Å². The Morgan fingerprint density at radius 2 is 1.96 bits per heavy atom. The van der Waals surface area contributed by atoms with Crippen LogP contribution in [0.1, 0.15) is 17.3 Å². The summed E-state index contributed by atoms with van der Waals surface area (Å²) < 4.78 is 0. The number of aromatic hydroxyl groups is 1. The molecule has 0 aliphatic carbocycles. The second-order valence-electron chi connectivity index (χ2n) is 5.08. The molecule has 2 aromatic carbocycles. The fourth-order valence-corrected chi connectivity index (χ4v) is 2.04. The van der Waals surface area contributed by atoms with E-state index < -0.39 is 22.3 Å². The summed E-state index contributed by atoms with van der Waals surface area (Å²) in [6, 6.07) is 13.1. The summed E-state index contributed by atoms with van der Waals surface area (Å²) in [6.07, 6.45) is 0. The van der Waals surface area contributed by atoms with Crippen molar-refractivity contribution >= 4 is 17.3 Å². The van der Waals surface area contributed by atoms with Crippen LogP contribution < -0.4 is 10.6 Å². The highest BCUT2D eigenvalue weighted by Crippen LogP contribution is 2.26. The van der Waals surface area contributed by atoms with E-state index in [1.807, 2.05) is 37.3 Å². The smallest absolute Gasteiger partial charge is 0.310 e. The summed E-state index contributed by atoms with van der Waals surface area (Å²) in [5, 5.41) is 26.1. The van der Waals surface area contributed by atoms with Gasteiger partial charge >= 0.3 is 5.69 Å². The Kier molecular flexibility index (Phi) is 5.14. The van der Waals surface area contributed by atoms with Gasteiger partial charge in [-0.3, -0.25) is 14.9 Å². The number of phenols is 1. The number of para-hydroxylation sites is 1. The standard InChI is InChI=1S/C16H17N3O4/c1-11(18-13-5-3-2-4-6-13)10-17-16(21)12-7-8-14(19(22)23)15(20)9-12/h2-9,11,18,20H,10H2,1H3,(H,17,21)/t11-/m0/s1. The molecule has 0 unspecified atom stereocenters. The van der Waals surface area contributed by atoms with Gasteiger partial charge in [-0.05, 0) is 31.2 Å². The summed E-state index contributed by atoms with van der Waals surface area (Å²) in [7, 11) is 0. The van der Waals surface area contributed by atoms with E-state index in [2.05, 4.69) is 10.6 Å². The van der Waals surface area contributed by atoms with Crippen molar-refractivity contribution in [1.82, 2.24) is 5.32 Å². The van der Waals surface area contributed by atoms with E-state index in [4.69, 9.17) is 0 Å². The third kappa shape index (κ3) is 4.44. The largest absolute Gasteiger partial charge is 0.502 e. The number of phenolic OH excluding ortho intramolecular Hbond substituents is 1. The van der Waals surface area contributed by atoms with E-state index in [-0.39, 0.29) is 11.6 Å². The molecule has 1 amide bonds. The Bertz CT molecular complexity index is 704. The van der Waals surface area contributed by atoms with Crippen LogP contribution in [0.25, 0.3) is 0 Å². The molecule has 0 aliphatic rings. The molecule has 7 heteroatoms. The number of nitro benzene ring substituents is 1. The molecule has 0 aromatic heterocycles. The van der Waals surface area contributed by atoms with E-state index in [1.54, 1.807) is 0 Å². The number of carbonyl (C=O) groups excluding carboxylic acids is 1. The molecule has 120 valence electrons. The summed E-state index contributed by atoms with van der Waals surface area (Å²) in [5.41, 5.74) is 0.683. The van der Waals surface area contributed by atoms with Gasteiger partial charge in [-0.1, -0.05) is 18.2 Å². The highest BCUT2D eigenvalue weighted by atomic mass is 16.6. The molecule has 7 nitrogen and oxygen atoms in total. The number of hydrogen-bond acceptors (Lipinski definition) is 5. The molecule has 0 aliphatic heterocycles. The van der Waals surface area contributed by atoms with Gasteiger partial charge in [-0.2, -0.15) is 0 Å². The van der Waals surface area contributed by atoms with Gasteiger partial charge in [0.1, 0.15) is 0 Å². The minimum atomic E-state index is -0.705. The summed E-state index contributed by atoms with van der Waals surface area (Å²) in [6.45, 7) is 2.28. The van der Waals surface area contributed by atoms with Crippen LogP contribution in [0, 0.1) is 10.1 Å². The van der Waals surface area contributed by atoms with Crippen LogP contribution in [-0.4, -0.2) is 28.5 Å². The van der Waals surface area contributed by atoms with Gasteiger partial charge in [0.15, 0.2) is 5.75 Å². The van der Waals surface area contributed by atoms with Crippen molar-refractivity contribution in [3.05, 3.63) is 64.2 Å². The van der Waals surface area contributed by atoms with E-state index in [0.717, 1.165) is 17.8 Å². The Morgan fingerprint density at radius 3 is 2.57 bits per heavy atom. The van der Waals surface area contributed by atoms with E-state index in [9.17, 15) is 20.0 Å². The Labute approximate surface area is 133 Å². The van der Waals surface area contributed by atoms with Crippen LogP contribution in [0.2, 0.25) is 0 Å². The molecular weight excluding hydrogens is 298 g/mol. The minimum absolute atomic E-state index is 0.00649. The highest BCUT2D eigenvalue weighted by molar-refractivity contribution is 5.95. The van der Waals surface area contributed by atoms with Crippen LogP contribution in [0.5, 0.6) is 5.75 Å². The zero-order valence-electron chi connectivity index (χ0n) is 12.5. The summed E-state index contributed by atoms with van der Waals surface area (Å²) in [4.78, 5) is 21.9. The number of nitro groups is 1. The maximum absolute atomic E-state index is 12.0. The van der Waals surface area contributed by atoms with Crippen molar-refractivity contribution in [3.63, 3.8) is 0 Å². The second kappa shape index (κ2) is 7.26. The molecule has 1 atom stereocenters. The first-order chi connectivity index (χ1) is 11.0. The highest BCUT2D eigenvalue weighted by Gasteiger charge is 2.16. The Morgan fingerprint density at radius 1 is 1.26 bits per heavy atom. The number of nitrogens with one attached hydrogen (secondary N) is 2. The predicted molar refractivity (Wildman–Crippen MR) is 86.6 cm³/mol. The number of carbonyl (C=O) groups is 1. The Balaban J connectivity index is 1.92. The van der Waals surface area contributed by atoms with Crippen molar-refractivity contribution in [1.29, 1.82) is 0 Å². The zero-order chi connectivity index (χ0) is 16.8. The first-order valence-corrected chi connectivity index (χ1v) is 7.04. The molecular formula is C16H17N3O4. The van der Waals surface area contributed by atoms with Crippen molar-refractivity contribution in [2.45, 2.75) is 13.0 Å². The fourth-order valence-electron chi connectivity index (χ4n) is 2.04. The lowest BCUT2D eigenvalue weighted by atomic mass is 10.1. The van der Waals surface area contributed by atoms with Crippen LogP contribution in [0.15, 0.2) is 48.5 Å². The van der Waals surface area contributed by atoms with E-state index in [0.29, 0.717) is 6.54 Å². The number of nitrogens with zero attached hydrogens (tertiary/aromatic N) is 1. The van der Waals surface area contributed by atoms with Crippen LogP contribution in [0.4, 0.5) is 11.4 Å². The monoisotopic (exact) mass is 315 g/mol. The summed E-state index contributed by atoms with van der Waals surface area (Å²) >= 11 is 0. The molecule has 0 saturated carbocycles. The zero-order valence-corrected chi connectivity index (χ0v) is 12.5. The van der Waals surface area contributed by atoms with Gasteiger partial charge in [0, 0.05) is 29.9 Å². The molecule has 0 radical (unpaired) electrons. The van der Waals surface area contributed by atoms with Crippen molar-refractivity contribution < 1.29 is 14.8 Å². The predicted octanol–water partition coefficient (Wildman–Crippen LogP) is 2.53. The molecule has 0 heterocycles. The van der Waals surface area contributed by atoms with Crippen molar-refractivity contribution in [3.8, 4) is 5.75 Å². The average molecular weight is 315 g/mol. The molecule has 0 bridgehead atoms. The maximum Gasteiger partial charge on any atom is 0.310 e. The lowest BCUT2D eigenvalue weighted by Gasteiger charge is -2.16. The lowest BCUT2D eigenvalue weighted by Crippen LogP contribution is -2.34. The first-order valence-electron chi connectivity index (χ1n) is 7.04. The number of hydrogen-bond donors (Lipinski definition) is 3. The van der Waals surface area contributed by atoms with Crippen molar-refractivity contribution in [2.75, 3.05) is 11.9 Å². The topological polar surface area (TPSA) is 104 Å². The van der Waals surface area contributed by atoms with Gasteiger partial charge in [-0.25, -0.2) is 0 Å². The molecule has 2 rings (SSSR count). The lowest BCUT2D eigenvalue weighted by molar-refractivity contribution is -0.385. The van der Waals surface area contributed by atoms with E-state index in [1.165, 1.54) is 6.07 Å². The molecule has 0 spiro atoms. The van der Waals surface area contributed by atoms with Gasteiger partial charge < -0.3 is 15.7 Å². The second-order valence-corrected chi connectivity index (χ2v) is 5.08. The first kappa shape index (κ1) is 16.3. The average Bonchev–Trinajstić information content (AvgIpc) is 2.53. The normalized spacial score (nSPS) is 11.5. The molecule has 23 heavy (non-hydrogen) atoms. The number of amides is 1. The van der Waals surface area contributed by atoms with Crippen LogP contribution in [0.3, 0.4) is 0 Å². The molecule has 3 N–H and O–H groups in total. The number of anilines is 1. The summed E-state index contributed by atoms with van der Waals surface area (Å²) in [5.74, 6) is -0.935. The SMILES string of the molecule is C[C@@H](CNC(=O)c1ccc([N+](=O)[O-])c(O)c1)Nc1ccccc1. The van der Waals surface area contributed by atoms with Crippen LogP contribution in [-0.2, 0) is 0 Å². The van der Waals surface area contributed by atoms with Crippen LogP contribution >= 0.6 is 0 Å². The van der Waals surface area contributed by atoms with Gasteiger partial charge in [0.05, 0.1) is 4.92 Å². The third-order valence-corrected chi connectivity index (χ3v) is 3.19. The van der Waals surface area contributed by atoms with Gasteiger partial charge in [0.2, 0.25) is 0 Å². The molecule has 0 fully saturated rings. The quantitative estimate of drug-likeness (QED) is 0.561. The molecule has 0 saturated heterocycles. The number of rotatable bonds is 6. The third-order valence-electron chi connectivity index (χ3n) is 3.19. The van der Waals surface area contributed by atoms with E-state index >= 15 is 0 Å². The Hall–Kier alpha value is -3.09. The minimum Gasteiger partial charge on any atom is -0.502 e. The molecule has 2 aromatic rings. The number of benzene rings is 2. The van der Waals surface area contributed by atoms with Gasteiger partial charge in [-0.15, -0.1) is 0 Å². The fraction of sp³-hybridized carbons (Fsp3) is 0.188. The maximum atomic E-state index is 12.0.